The number of rotatable bonds is 8. The summed E-state index contributed by atoms with van der Waals surface area (Å²) in [5.41, 5.74) is 3.49. The molecule has 0 unspecified atom stereocenters. The molecule has 4 heteroatoms. The minimum absolute atomic E-state index is 0.846. The van der Waals surface area contributed by atoms with Crippen LogP contribution in [0.15, 0.2) is 109 Å². The van der Waals surface area contributed by atoms with Crippen molar-refractivity contribution in [2.75, 3.05) is 21.3 Å². The number of methoxy groups -OCH3 is 3. The highest BCUT2D eigenvalue weighted by Crippen LogP contribution is 2.25. The van der Waals surface area contributed by atoms with Gasteiger partial charge >= 0.3 is 0 Å². The van der Waals surface area contributed by atoms with Crippen molar-refractivity contribution in [3.05, 3.63) is 114 Å². The third kappa shape index (κ3) is 4.30. The molecule has 4 aromatic carbocycles. The van der Waals surface area contributed by atoms with E-state index in [0.29, 0.717) is 0 Å². The quantitative estimate of drug-likeness (QED) is 0.292. The van der Waals surface area contributed by atoms with E-state index in [9.17, 15) is 0 Å². The minimum Gasteiger partial charge on any atom is -0.497 e. The zero-order valence-corrected chi connectivity index (χ0v) is 20.2. The third-order valence-corrected chi connectivity index (χ3v) is 10.4. The van der Waals surface area contributed by atoms with E-state index in [1.54, 1.807) is 21.3 Å². The van der Waals surface area contributed by atoms with Gasteiger partial charge in [-0.3, -0.25) is 0 Å². The van der Waals surface area contributed by atoms with Gasteiger partial charge in [-0.1, -0.05) is 96.7 Å². The normalized spacial score (nSPS) is 11.4. The highest BCUT2D eigenvalue weighted by Gasteiger charge is 2.43. The van der Waals surface area contributed by atoms with Crippen LogP contribution < -0.4 is 29.8 Å². The first kappa shape index (κ1) is 22.4. The lowest BCUT2D eigenvalue weighted by atomic mass is 10.2. The highest BCUT2D eigenvalue weighted by molar-refractivity contribution is 7.16. The standard InChI is InChI=1S/C29H28O3Si/c1-30-24-15-7-10-18-27(24)33(22-21-23-13-5-4-6-14-23,28-19-11-8-16-25(28)31-2)29-20-12-9-17-26(29)32-3/h4-22H,1-3H3. The van der Waals surface area contributed by atoms with Gasteiger partial charge in [-0.15, -0.1) is 0 Å². The molecule has 0 N–H and O–H groups in total. The summed E-state index contributed by atoms with van der Waals surface area (Å²) < 4.78 is 17.7. The molecule has 0 fully saturated rings. The van der Waals surface area contributed by atoms with E-state index in [0.717, 1.165) is 38.4 Å². The molecule has 0 aliphatic rings. The van der Waals surface area contributed by atoms with Crippen molar-refractivity contribution in [1.82, 2.24) is 0 Å². The number of hydrogen-bond donors (Lipinski definition) is 0. The van der Waals surface area contributed by atoms with Gasteiger partial charge < -0.3 is 14.2 Å². The monoisotopic (exact) mass is 452 g/mol. The SMILES string of the molecule is COc1ccccc1[Si](C=Cc1ccccc1)(c1ccccc1OC)c1ccccc1OC. The second kappa shape index (κ2) is 10.2. The fourth-order valence-corrected chi connectivity index (χ4v) is 9.05. The lowest BCUT2D eigenvalue weighted by molar-refractivity contribution is 0.415. The fraction of sp³-hybridized carbons (Fsp3) is 0.103. The van der Waals surface area contributed by atoms with Gasteiger partial charge in [-0.05, 0) is 39.3 Å². The smallest absolute Gasteiger partial charge is 0.185 e. The molecule has 166 valence electrons. The molecule has 0 heterocycles. The molecule has 0 aromatic heterocycles. The van der Waals surface area contributed by atoms with Gasteiger partial charge in [0, 0.05) is 0 Å². The summed E-state index contributed by atoms with van der Waals surface area (Å²) in [6.45, 7) is 0. The van der Waals surface area contributed by atoms with E-state index < -0.39 is 8.07 Å². The lowest BCUT2D eigenvalue weighted by Crippen LogP contribution is -2.66. The van der Waals surface area contributed by atoms with E-state index in [1.807, 2.05) is 42.5 Å². The Labute approximate surface area is 196 Å². The molecule has 0 saturated carbocycles. The predicted molar refractivity (Wildman–Crippen MR) is 139 cm³/mol. The number of hydrogen-bond acceptors (Lipinski definition) is 3. The van der Waals surface area contributed by atoms with Crippen LogP contribution in [-0.2, 0) is 0 Å². The summed E-state index contributed by atoms with van der Waals surface area (Å²) in [4.78, 5) is 0. The van der Waals surface area contributed by atoms with Gasteiger partial charge in [0.2, 0.25) is 0 Å². The summed E-state index contributed by atoms with van der Waals surface area (Å²) in [7, 11) is 2.32. The number of ether oxygens (including phenoxy) is 3. The second-order valence-corrected chi connectivity index (χ2v) is 11.2. The zero-order chi connectivity index (χ0) is 23.1. The van der Waals surface area contributed by atoms with Gasteiger partial charge in [0.1, 0.15) is 17.2 Å². The summed E-state index contributed by atoms with van der Waals surface area (Å²) >= 11 is 0. The van der Waals surface area contributed by atoms with Crippen LogP contribution in [0.4, 0.5) is 0 Å². The molecule has 0 bridgehead atoms. The van der Waals surface area contributed by atoms with E-state index in [4.69, 9.17) is 14.2 Å². The second-order valence-electron chi connectivity index (χ2n) is 7.65. The molecule has 4 aromatic rings. The topological polar surface area (TPSA) is 27.7 Å². The van der Waals surface area contributed by atoms with Crippen molar-refractivity contribution >= 4 is 29.7 Å². The van der Waals surface area contributed by atoms with Crippen molar-refractivity contribution in [2.24, 2.45) is 0 Å². The molecular formula is C29H28O3Si. The molecule has 0 atom stereocenters. The molecule has 0 radical (unpaired) electrons. The Morgan fingerprint density at radius 2 is 0.848 bits per heavy atom. The molecule has 0 spiro atoms. The first-order valence-electron chi connectivity index (χ1n) is 10.9. The molecule has 0 aliphatic carbocycles. The van der Waals surface area contributed by atoms with Crippen LogP contribution in [0.25, 0.3) is 6.08 Å². The Hall–Kier alpha value is -3.76. The molecule has 0 saturated heterocycles. The summed E-state index contributed by atoms with van der Waals surface area (Å²) in [6, 6.07) is 35.2. The Morgan fingerprint density at radius 3 is 1.24 bits per heavy atom. The molecule has 4 rings (SSSR count). The molecule has 3 nitrogen and oxygen atoms in total. The number of benzene rings is 4. The van der Waals surface area contributed by atoms with Crippen LogP contribution >= 0.6 is 0 Å². The first-order chi connectivity index (χ1) is 16.2. The lowest BCUT2D eigenvalue weighted by Gasteiger charge is -2.34. The van der Waals surface area contributed by atoms with Crippen molar-refractivity contribution in [2.45, 2.75) is 0 Å². The van der Waals surface area contributed by atoms with Crippen molar-refractivity contribution in [3.63, 3.8) is 0 Å². The summed E-state index contributed by atoms with van der Waals surface area (Å²) in [5, 5.41) is 3.40. The Balaban J connectivity index is 2.15. The highest BCUT2D eigenvalue weighted by atomic mass is 28.3. The van der Waals surface area contributed by atoms with Crippen LogP contribution in [0, 0.1) is 0 Å². The third-order valence-electron chi connectivity index (χ3n) is 5.92. The zero-order valence-electron chi connectivity index (χ0n) is 19.2. The van der Waals surface area contributed by atoms with Crippen molar-refractivity contribution < 1.29 is 14.2 Å². The van der Waals surface area contributed by atoms with Crippen LogP contribution in [0.1, 0.15) is 5.56 Å². The maximum atomic E-state index is 5.91. The Morgan fingerprint density at radius 1 is 0.485 bits per heavy atom. The van der Waals surface area contributed by atoms with Crippen LogP contribution in [0.3, 0.4) is 0 Å². The Kier molecular flexibility index (Phi) is 6.96. The van der Waals surface area contributed by atoms with Gasteiger partial charge in [0.05, 0.1) is 21.3 Å². The average molecular weight is 453 g/mol. The molecule has 33 heavy (non-hydrogen) atoms. The molecule has 0 amide bonds. The van der Waals surface area contributed by atoms with Crippen LogP contribution in [0.2, 0.25) is 0 Å². The minimum atomic E-state index is -2.86. The van der Waals surface area contributed by atoms with E-state index >= 15 is 0 Å². The van der Waals surface area contributed by atoms with Crippen LogP contribution in [-0.4, -0.2) is 29.4 Å². The largest absolute Gasteiger partial charge is 0.497 e. The first-order valence-corrected chi connectivity index (χ1v) is 13.0. The average Bonchev–Trinajstić information content (AvgIpc) is 2.90. The Bertz CT molecular complexity index is 1120. The van der Waals surface area contributed by atoms with Crippen LogP contribution in [0.5, 0.6) is 17.2 Å². The maximum absolute atomic E-state index is 5.91. The van der Waals surface area contributed by atoms with Gasteiger partial charge in [-0.2, -0.15) is 0 Å². The summed E-state index contributed by atoms with van der Waals surface area (Å²) in [6.07, 6.45) is 2.21. The molecular weight excluding hydrogens is 424 g/mol. The van der Waals surface area contributed by atoms with Crippen molar-refractivity contribution in [3.8, 4) is 17.2 Å². The maximum Gasteiger partial charge on any atom is 0.185 e. The predicted octanol–water partition coefficient (Wildman–Crippen LogP) is 4.44. The van der Waals surface area contributed by atoms with E-state index in [-0.39, 0.29) is 0 Å². The fourth-order valence-electron chi connectivity index (χ4n) is 4.40. The van der Waals surface area contributed by atoms with Gasteiger partial charge in [0.25, 0.3) is 0 Å². The summed E-state index contributed by atoms with van der Waals surface area (Å²) in [5.74, 6) is 2.54. The van der Waals surface area contributed by atoms with E-state index in [1.165, 1.54) is 0 Å². The molecule has 0 aliphatic heterocycles. The number of para-hydroxylation sites is 3. The van der Waals surface area contributed by atoms with Gasteiger partial charge in [0.15, 0.2) is 8.07 Å². The van der Waals surface area contributed by atoms with E-state index in [2.05, 4.69) is 72.4 Å². The van der Waals surface area contributed by atoms with Gasteiger partial charge in [-0.25, -0.2) is 0 Å². The van der Waals surface area contributed by atoms with Crippen molar-refractivity contribution in [1.29, 1.82) is 0 Å².